The van der Waals surface area contributed by atoms with Gasteiger partial charge in [-0.1, -0.05) is 23.7 Å². The maximum absolute atomic E-state index is 13.6. The second-order valence-electron chi connectivity index (χ2n) is 10.8. The molecule has 0 aliphatic carbocycles. The molecule has 222 valence electrons. The van der Waals surface area contributed by atoms with E-state index >= 15 is 0 Å². The van der Waals surface area contributed by atoms with Crippen molar-refractivity contribution in [3.05, 3.63) is 53.3 Å². The number of fused-ring (bicyclic) bond motifs is 4. The molecule has 3 aliphatic heterocycles. The fourth-order valence-electron chi connectivity index (χ4n) is 5.39. The summed E-state index contributed by atoms with van der Waals surface area (Å²) in [5.74, 6) is 0.106. The average Bonchev–Trinajstić information content (AvgIpc) is 3.31. The van der Waals surface area contributed by atoms with E-state index in [0.29, 0.717) is 24.7 Å². The highest BCUT2D eigenvalue weighted by Crippen LogP contribution is 2.43. The third kappa shape index (κ3) is 5.81. The number of pyridine rings is 1. The Labute approximate surface area is 244 Å². The number of urea groups is 1. The van der Waals surface area contributed by atoms with Gasteiger partial charge in [-0.05, 0) is 44.9 Å². The van der Waals surface area contributed by atoms with Crippen LogP contribution in [0.3, 0.4) is 0 Å². The molecule has 42 heavy (non-hydrogen) atoms. The molecule has 0 radical (unpaired) electrons. The van der Waals surface area contributed by atoms with Gasteiger partial charge in [-0.3, -0.25) is 10.2 Å². The number of aromatic nitrogens is 3. The molecule has 2 amide bonds. The number of carbonyl (C=O) groups excluding carboxylic acids is 1. The van der Waals surface area contributed by atoms with E-state index in [1.807, 2.05) is 13.8 Å². The zero-order valence-corrected chi connectivity index (χ0v) is 23.6. The SMILES string of the molecule is CC1(C)OCC(COc2cnc(NC(=O)N3c4nc(-c5cccc(C(F)(F)F)c5)c(Cl)cc4N4CCCC3C4)cn2)O1. The van der Waals surface area contributed by atoms with E-state index in [2.05, 4.69) is 25.2 Å². The maximum Gasteiger partial charge on any atom is 0.416 e. The molecule has 0 spiro atoms. The summed E-state index contributed by atoms with van der Waals surface area (Å²) in [5, 5.41) is 2.96. The molecule has 10 nitrogen and oxygen atoms in total. The molecule has 2 aromatic heterocycles. The molecule has 6 rings (SSSR count). The topological polar surface area (TPSA) is 102 Å². The number of anilines is 3. The van der Waals surface area contributed by atoms with E-state index in [-0.39, 0.29) is 46.7 Å². The van der Waals surface area contributed by atoms with E-state index in [1.54, 1.807) is 6.07 Å². The normalized spacial score (nSPS) is 21.2. The van der Waals surface area contributed by atoms with Crippen LogP contribution in [0.4, 0.5) is 35.3 Å². The smallest absolute Gasteiger partial charge is 0.416 e. The molecule has 2 saturated heterocycles. The third-order valence-electron chi connectivity index (χ3n) is 7.30. The Bertz CT molecular complexity index is 1490. The zero-order chi connectivity index (χ0) is 29.6. The summed E-state index contributed by atoms with van der Waals surface area (Å²) in [4.78, 5) is 30.4. The van der Waals surface area contributed by atoms with E-state index in [4.69, 9.17) is 25.8 Å². The summed E-state index contributed by atoms with van der Waals surface area (Å²) in [7, 11) is 0. The van der Waals surface area contributed by atoms with Gasteiger partial charge in [0.1, 0.15) is 12.7 Å². The molecule has 3 aromatic rings. The molecule has 2 fully saturated rings. The number of amides is 2. The molecular weight excluding hydrogens is 577 g/mol. The number of ether oxygens (including phenoxy) is 3. The molecule has 0 saturated carbocycles. The van der Waals surface area contributed by atoms with Crippen LogP contribution >= 0.6 is 11.6 Å². The Balaban J connectivity index is 1.23. The molecule has 2 unspecified atom stereocenters. The van der Waals surface area contributed by atoms with Crippen LogP contribution < -0.4 is 19.9 Å². The van der Waals surface area contributed by atoms with E-state index in [0.717, 1.165) is 31.5 Å². The molecule has 1 aromatic carbocycles. The number of hydrogen-bond donors (Lipinski definition) is 1. The Hall–Kier alpha value is -3.68. The number of rotatable bonds is 5. The van der Waals surface area contributed by atoms with Gasteiger partial charge in [0, 0.05) is 18.7 Å². The fraction of sp³-hybridized carbons (Fsp3) is 0.429. The first-order valence-electron chi connectivity index (χ1n) is 13.5. The van der Waals surface area contributed by atoms with Crippen molar-refractivity contribution in [3.8, 4) is 17.1 Å². The quantitative estimate of drug-likeness (QED) is 0.392. The lowest BCUT2D eigenvalue weighted by atomic mass is 9.99. The number of nitrogens with zero attached hydrogens (tertiary/aromatic N) is 5. The first-order valence-corrected chi connectivity index (χ1v) is 13.8. The number of nitrogens with one attached hydrogen (secondary N) is 1. The van der Waals surface area contributed by atoms with Crippen LogP contribution in [0, 0.1) is 0 Å². The van der Waals surface area contributed by atoms with Crippen LogP contribution in [0.2, 0.25) is 5.02 Å². The monoisotopic (exact) mass is 604 g/mol. The van der Waals surface area contributed by atoms with Crippen LogP contribution in [0.1, 0.15) is 32.3 Å². The van der Waals surface area contributed by atoms with Crippen molar-refractivity contribution in [2.24, 2.45) is 0 Å². The fourth-order valence-corrected chi connectivity index (χ4v) is 5.65. The molecule has 5 heterocycles. The van der Waals surface area contributed by atoms with Crippen molar-refractivity contribution in [3.63, 3.8) is 0 Å². The Morgan fingerprint density at radius 1 is 1.24 bits per heavy atom. The van der Waals surface area contributed by atoms with Gasteiger partial charge < -0.3 is 19.1 Å². The third-order valence-corrected chi connectivity index (χ3v) is 7.58. The van der Waals surface area contributed by atoms with E-state index < -0.39 is 23.6 Å². The first kappa shape index (κ1) is 28.4. The number of hydrogen-bond acceptors (Lipinski definition) is 8. The highest BCUT2D eigenvalue weighted by Gasteiger charge is 2.39. The van der Waals surface area contributed by atoms with Crippen LogP contribution in [0.5, 0.6) is 5.88 Å². The van der Waals surface area contributed by atoms with E-state index in [9.17, 15) is 18.0 Å². The van der Waals surface area contributed by atoms with Crippen molar-refractivity contribution >= 4 is 35.0 Å². The van der Waals surface area contributed by atoms with Crippen LogP contribution in [-0.4, -0.2) is 65.2 Å². The number of halogens is 4. The van der Waals surface area contributed by atoms with Gasteiger partial charge in [-0.25, -0.2) is 19.7 Å². The van der Waals surface area contributed by atoms with Gasteiger partial charge in [0.15, 0.2) is 17.4 Å². The summed E-state index contributed by atoms with van der Waals surface area (Å²) in [6.07, 6.45) is -0.411. The molecule has 2 atom stereocenters. The van der Waals surface area contributed by atoms with Gasteiger partial charge in [-0.15, -0.1) is 0 Å². The predicted octanol–water partition coefficient (Wildman–Crippen LogP) is 5.76. The number of piperidine rings is 1. The van der Waals surface area contributed by atoms with Gasteiger partial charge in [0.05, 0.1) is 47.0 Å². The molecule has 3 aliphatic rings. The summed E-state index contributed by atoms with van der Waals surface area (Å²) in [6.45, 7) is 5.61. The lowest BCUT2D eigenvalue weighted by molar-refractivity contribution is -0.141. The minimum absolute atomic E-state index is 0.154. The minimum atomic E-state index is -4.53. The minimum Gasteiger partial charge on any atom is -0.474 e. The highest BCUT2D eigenvalue weighted by molar-refractivity contribution is 6.33. The Morgan fingerprint density at radius 3 is 2.79 bits per heavy atom. The zero-order valence-electron chi connectivity index (χ0n) is 22.8. The second kappa shape index (κ2) is 10.9. The standard InChI is InChI=1S/C28H28ClF3N6O4/c1-27(2)41-15-19(42-27)14-40-23-12-33-22(11-34-23)35-26(39)38-18-7-4-8-37(13-18)21-10-20(29)24(36-25(21)38)16-5-3-6-17(9-16)28(30,31)32/h3,5-6,9-12,18-19H,4,7-8,13-15H2,1-2H3,(H,33,35,39). The number of carbonyl (C=O) groups is 1. The number of benzene rings is 1. The van der Waals surface area contributed by atoms with Gasteiger partial charge >= 0.3 is 12.2 Å². The average molecular weight is 605 g/mol. The van der Waals surface area contributed by atoms with Crippen molar-refractivity contribution in [1.82, 2.24) is 15.0 Å². The van der Waals surface area contributed by atoms with Crippen molar-refractivity contribution in [2.75, 3.05) is 41.4 Å². The Morgan fingerprint density at radius 2 is 2.07 bits per heavy atom. The summed E-state index contributed by atoms with van der Waals surface area (Å²) < 4.78 is 57.1. The molecule has 14 heteroatoms. The van der Waals surface area contributed by atoms with Crippen molar-refractivity contribution in [1.29, 1.82) is 0 Å². The second-order valence-corrected chi connectivity index (χ2v) is 11.2. The van der Waals surface area contributed by atoms with E-state index in [1.165, 1.54) is 29.4 Å². The lowest BCUT2D eigenvalue weighted by Gasteiger charge is -2.46. The molecular formula is C28H28ClF3N6O4. The number of alkyl halides is 3. The first-order chi connectivity index (χ1) is 20.0. The summed E-state index contributed by atoms with van der Waals surface area (Å²) in [6, 6.07) is 5.77. The van der Waals surface area contributed by atoms with Crippen molar-refractivity contribution in [2.45, 2.75) is 50.8 Å². The summed E-state index contributed by atoms with van der Waals surface area (Å²) in [5.41, 5.74) is 0.174. The van der Waals surface area contributed by atoms with Gasteiger partial charge in [0.2, 0.25) is 5.88 Å². The van der Waals surface area contributed by atoms with Crippen LogP contribution in [0.25, 0.3) is 11.3 Å². The summed E-state index contributed by atoms with van der Waals surface area (Å²) >= 11 is 6.56. The predicted molar refractivity (Wildman–Crippen MR) is 149 cm³/mol. The largest absolute Gasteiger partial charge is 0.474 e. The van der Waals surface area contributed by atoms with Gasteiger partial charge in [0.25, 0.3) is 0 Å². The lowest BCUT2D eigenvalue weighted by Crippen LogP contribution is -2.56. The Kier molecular flexibility index (Phi) is 7.36. The van der Waals surface area contributed by atoms with Crippen LogP contribution in [0.15, 0.2) is 42.7 Å². The van der Waals surface area contributed by atoms with Crippen molar-refractivity contribution < 1.29 is 32.2 Å². The maximum atomic E-state index is 13.6. The highest BCUT2D eigenvalue weighted by atomic mass is 35.5. The van der Waals surface area contributed by atoms with Gasteiger partial charge in [-0.2, -0.15) is 13.2 Å². The molecule has 1 N–H and O–H groups in total. The van der Waals surface area contributed by atoms with Crippen LogP contribution in [-0.2, 0) is 15.7 Å². The molecule has 2 bridgehead atoms.